The Labute approximate surface area is 228 Å². The highest BCUT2D eigenvalue weighted by Crippen LogP contribution is 2.46. The molecule has 0 radical (unpaired) electrons. The molecule has 2 atom stereocenters. The van der Waals surface area contributed by atoms with Crippen LogP contribution in [0.2, 0.25) is 5.02 Å². The van der Waals surface area contributed by atoms with Gasteiger partial charge in [-0.3, -0.25) is 4.79 Å². The minimum atomic E-state index is -0.0293. The Morgan fingerprint density at radius 2 is 1.76 bits per heavy atom. The summed E-state index contributed by atoms with van der Waals surface area (Å²) in [6, 6.07) is 9.04. The average molecular weight is 542 g/mol. The summed E-state index contributed by atoms with van der Waals surface area (Å²) in [5.41, 5.74) is 2.86. The molecule has 38 heavy (non-hydrogen) atoms. The molecule has 2 aliphatic rings. The number of fused-ring (bicyclic) bond motifs is 2. The molecule has 2 N–H and O–H groups in total. The maximum atomic E-state index is 13.8. The first kappa shape index (κ1) is 26.7. The molecule has 0 spiro atoms. The molecule has 8 nitrogen and oxygen atoms in total. The van der Waals surface area contributed by atoms with E-state index < -0.39 is 0 Å². The molecular weight excluding hydrogens is 506 g/mol. The number of aromatic nitrogens is 1. The van der Waals surface area contributed by atoms with Gasteiger partial charge in [-0.2, -0.15) is 4.73 Å². The van der Waals surface area contributed by atoms with Gasteiger partial charge in [0, 0.05) is 36.8 Å². The highest BCUT2D eigenvalue weighted by Gasteiger charge is 2.34. The lowest BCUT2D eigenvalue weighted by Gasteiger charge is -2.34. The molecule has 1 saturated heterocycles. The van der Waals surface area contributed by atoms with E-state index in [1.807, 2.05) is 12.1 Å². The molecule has 0 saturated carbocycles. The van der Waals surface area contributed by atoms with Gasteiger partial charge in [-0.05, 0) is 80.0 Å². The normalized spacial score (nSPS) is 19.8. The minimum Gasteiger partial charge on any atom is -0.493 e. The van der Waals surface area contributed by atoms with E-state index in [0.29, 0.717) is 50.9 Å². The summed E-state index contributed by atoms with van der Waals surface area (Å²) < 4.78 is 18.0. The van der Waals surface area contributed by atoms with Gasteiger partial charge in [-0.1, -0.05) is 11.6 Å². The van der Waals surface area contributed by atoms with Crippen molar-refractivity contribution >= 4 is 22.5 Å². The number of rotatable bonds is 8. The Morgan fingerprint density at radius 1 is 1.05 bits per heavy atom. The third-order valence-corrected chi connectivity index (χ3v) is 8.29. The summed E-state index contributed by atoms with van der Waals surface area (Å²) in [6.07, 6.45) is 3.14. The first-order chi connectivity index (χ1) is 18.4. The van der Waals surface area contributed by atoms with Gasteiger partial charge in [0.1, 0.15) is 0 Å². The summed E-state index contributed by atoms with van der Waals surface area (Å²) in [5, 5.41) is 15.7. The number of ether oxygens (including phenoxy) is 3. The van der Waals surface area contributed by atoms with Crippen molar-refractivity contribution in [2.75, 3.05) is 54.1 Å². The smallest absolute Gasteiger partial charge is 0.203 e. The van der Waals surface area contributed by atoms with Crippen LogP contribution in [0.1, 0.15) is 47.9 Å². The largest absolute Gasteiger partial charge is 0.493 e. The molecule has 5 rings (SSSR count). The fourth-order valence-corrected chi connectivity index (χ4v) is 6.33. The van der Waals surface area contributed by atoms with Gasteiger partial charge in [0.2, 0.25) is 5.75 Å². The van der Waals surface area contributed by atoms with Crippen LogP contribution >= 0.6 is 11.6 Å². The lowest BCUT2D eigenvalue weighted by Crippen LogP contribution is -2.43. The predicted octanol–water partition coefficient (Wildman–Crippen LogP) is 4.42. The van der Waals surface area contributed by atoms with Crippen molar-refractivity contribution < 1.29 is 19.4 Å². The number of nitrogens with zero attached hydrogens (tertiary/aromatic N) is 2. The molecule has 0 amide bonds. The van der Waals surface area contributed by atoms with Gasteiger partial charge in [0.15, 0.2) is 16.9 Å². The van der Waals surface area contributed by atoms with Crippen molar-refractivity contribution in [3.05, 3.63) is 62.4 Å². The molecule has 0 bridgehead atoms. The lowest BCUT2D eigenvalue weighted by molar-refractivity contribution is 0.180. The highest BCUT2D eigenvalue weighted by atomic mass is 35.5. The lowest BCUT2D eigenvalue weighted by atomic mass is 9.74. The second-order valence-electron chi connectivity index (χ2n) is 10.2. The highest BCUT2D eigenvalue weighted by molar-refractivity contribution is 6.31. The fourth-order valence-electron chi connectivity index (χ4n) is 6.16. The van der Waals surface area contributed by atoms with Gasteiger partial charge in [-0.25, -0.2) is 0 Å². The predicted molar refractivity (Wildman–Crippen MR) is 149 cm³/mol. The number of piperazine rings is 1. The monoisotopic (exact) mass is 541 g/mol. The molecule has 2 unspecified atom stereocenters. The molecule has 1 fully saturated rings. The third-order valence-electron chi connectivity index (χ3n) is 8.05. The van der Waals surface area contributed by atoms with Crippen LogP contribution in [0.5, 0.6) is 17.2 Å². The van der Waals surface area contributed by atoms with Crippen molar-refractivity contribution in [2.45, 2.75) is 37.5 Å². The number of pyridine rings is 1. The Morgan fingerprint density at radius 3 is 2.42 bits per heavy atom. The zero-order valence-corrected chi connectivity index (χ0v) is 23.0. The van der Waals surface area contributed by atoms with Crippen molar-refractivity contribution in [2.24, 2.45) is 0 Å². The average Bonchev–Trinajstić information content (AvgIpc) is 2.95. The van der Waals surface area contributed by atoms with Crippen molar-refractivity contribution in [3.63, 3.8) is 0 Å². The van der Waals surface area contributed by atoms with Gasteiger partial charge in [-0.15, -0.1) is 0 Å². The van der Waals surface area contributed by atoms with E-state index in [4.69, 9.17) is 25.8 Å². The summed E-state index contributed by atoms with van der Waals surface area (Å²) in [4.78, 5) is 16.3. The summed E-state index contributed by atoms with van der Waals surface area (Å²) in [7, 11) is 4.81. The first-order valence-electron chi connectivity index (χ1n) is 13.2. The van der Waals surface area contributed by atoms with Crippen LogP contribution in [0.15, 0.2) is 35.1 Å². The van der Waals surface area contributed by atoms with Gasteiger partial charge < -0.3 is 29.6 Å². The van der Waals surface area contributed by atoms with Crippen molar-refractivity contribution in [1.29, 1.82) is 0 Å². The molecule has 1 aliphatic carbocycles. The van der Waals surface area contributed by atoms with E-state index in [2.05, 4.69) is 10.2 Å². The van der Waals surface area contributed by atoms with Gasteiger partial charge in [0.25, 0.3) is 0 Å². The second kappa shape index (κ2) is 11.4. The topological polar surface area (TPSA) is 85.2 Å². The number of benzene rings is 2. The second-order valence-corrected chi connectivity index (χ2v) is 10.6. The Kier molecular flexibility index (Phi) is 8.02. The van der Waals surface area contributed by atoms with E-state index in [1.54, 1.807) is 39.5 Å². The Bertz CT molecular complexity index is 1340. The Hall–Kier alpha value is -2.94. The van der Waals surface area contributed by atoms with Crippen molar-refractivity contribution in [3.8, 4) is 17.2 Å². The zero-order chi connectivity index (χ0) is 26.8. The maximum absolute atomic E-state index is 13.8. The number of nitrogens with one attached hydrogen (secondary N) is 1. The van der Waals surface area contributed by atoms with E-state index in [9.17, 15) is 10.0 Å². The van der Waals surface area contributed by atoms with Crippen LogP contribution in [0.4, 0.5) is 0 Å². The minimum absolute atomic E-state index is 0.0000358. The molecule has 9 heteroatoms. The summed E-state index contributed by atoms with van der Waals surface area (Å²) in [6.45, 7) is 5.10. The molecule has 2 aromatic carbocycles. The van der Waals surface area contributed by atoms with Crippen molar-refractivity contribution in [1.82, 2.24) is 14.9 Å². The fraction of sp³-hybridized carbons (Fsp3) is 0.483. The molecule has 2 heterocycles. The van der Waals surface area contributed by atoms with Crippen LogP contribution in [0.25, 0.3) is 10.9 Å². The first-order valence-corrected chi connectivity index (χ1v) is 13.6. The van der Waals surface area contributed by atoms with Crippen LogP contribution in [-0.4, -0.2) is 68.9 Å². The number of hydrogen-bond acceptors (Lipinski definition) is 7. The molecule has 204 valence electrons. The van der Waals surface area contributed by atoms with E-state index in [-0.39, 0.29) is 17.3 Å². The van der Waals surface area contributed by atoms with Crippen LogP contribution in [0.3, 0.4) is 0 Å². The van der Waals surface area contributed by atoms with Gasteiger partial charge >= 0.3 is 0 Å². The van der Waals surface area contributed by atoms with Gasteiger partial charge in [0.05, 0.1) is 37.9 Å². The van der Waals surface area contributed by atoms with Crippen LogP contribution in [-0.2, 0) is 6.42 Å². The zero-order valence-electron chi connectivity index (χ0n) is 22.3. The Balaban J connectivity index is 1.55. The molecule has 1 aromatic heterocycles. The number of hydrogen-bond donors (Lipinski definition) is 2. The number of halogens is 1. The summed E-state index contributed by atoms with van der Waals surface area (Å²) in [5.74, 6) is 1.79. The van der Waals surface area contributed by atoms with Crippen LogP contribution < -0.4 is 25.0 Å². The maximum Gasteiger partial charge on any atom is 0.203 e. The van der Waals surface area contributed by atoms with E-state index in [0.717, 1.165) is 57.5 Å². The van der Waals surface area contributed by atoms with E-state index in [1.165, 1.54) is 4.73 Å². The summed E-state index contributed by atoms with van der Waals surface area (Å²) >= 11 is 6.24. The quantitative estimate of drug-likeness (QED) is 0.408. The molecular formula is C29H36ClN3O5. The molecule has 1 aliphatic heterocycles. The van der Waals surface area contributed by atoms with Crippen LogP contribution in [0, 0.1) is 0 Å². The number of methoxy groups -OCH3 is 3. The SMILES string of the molecule is COc1cc(C2Cc3c(c(=O)c4cc(Cl)ccc4n3O)C(CCCN3CCNCC3)C2)cc(OC)c1OC. The van der Waals surface area contributed by atoms with E-state index >= 15 is 0 Å². The third kappa shape index (κ3) is 5.05. The molecule has 3 aromatic rings. The standard InChI is InChI=1S/C29H36ClN3O5/c1-36-25-15-20(16-26(37-2)29(25)38-3)19-13-18(5-4-10-32-11-8-31-9-12-32)27-24(14-19)33(35)23-7-6-21(30)17-22(23)28(27)34/h6-7,15-19,31,35H,4-5,8-14H2,1-3H3.